The molecule has 0 unspecified atom stereocenters. The molecule has 5 nitrogen and oxygen atoms in total. The highest BCUT2D eigenvalue weighted by molar-refractivity contribution is 7.13. The van der Waals surface area contributed by atoms with Gasteiger partial charge in [-0.2, -0.15) is 0 Å². The molecule has 0 N–H and O–H groups in total. The maximum absolute atomic E-state index is 12.3. The fraction of sp³-hybridized carbons (Fsp3) is 0.0556. The number of ketones is 1. The van der Waals surface area contributed by atoms with E-state index >= 15 is 0 Å². The van der Waals surface area contributed by atoms with Gasteiger partial charge in [-0.1, -0.05) is 41.7 Å². The van der Waals surface area contributed by atoms with E-state index < -0.39 is 4.92 Å². The summed E-state index contributed by atoms with van der Waals surface area (Å²) < 4.78 is 5.60. The summed E-state index contributed by atoms with van der Waals surface area (Å²) in [6, 6.07) is 17.4. The lowest BCUT2D eigenvalue weighted by molar-refractivity contribution is -0.380. The molecule has 1 heterocycles. The molecule has 0 aliphatic carbocycles. The van der Waals surface area contributed by atoms with Gasteiger partial charge in [0.15, 0.2) is 5.78 Å². The molecule has 0 spiro atoms. The van der Waals surface area contributed by atoms with Gasteiger partial charge in [-0.05, 0) is 24.3 Å². The molecule has 0 aliphatic heterocycles. The fourth-order valence-corrected chi connectivity index (χ4v) is 2.87. The van der Waals surface area contributed by atoms with E-state index in [1.807, 2.05) is 18.2 Å². The average molecular weight is 339 g/mol. The highest BCUT2D eigenvalue weighted by Crippen LogP contribution is 2.24. The lowest BCUT2D eigenvalue weighted by atomic mass is 10.0. The fourth-order valence-electron chi connectivity index (χ4n) is 2.16. The molecule has 0 fully saturated rings. The second-order valence-electron chi connectivity index (χ2n) is 5.06. The predicted molar refractivity (Wildman–Crippen MR) is 91.6 cm³/mol. The van der Waals surface area contributed by atoms with Gasteiger partial charge in [-0.25, -0.2) is 0 Å². The molecule has 3 aromatic rings. The summed E-state index contributed by atoms with van der Waals surface area (Å²) in [6.45, 7) is 0.246. The Balaban J connectivity index is 1.64. The van der Waals surface area contributed by atoms with Crippen molar-refractivity contribution in [1.29, 1.82) is 0 Å². The number of ether oxygens (including phenoxy) is 1. The van der Waals surface area contributed by atoms with Gasteiger partial charge in [0, 0.05) is 28.1 Å². The summed E-state index contributed by atoms with van der Waals surface area (Å²) in [7, 11) is 0. The molecule has 0 atom stereocenters. The highest BCUT2D eigenvalue weighted by atomic mass is 32.1. The topological polar surface area (TPSA) is 69.4 Å². The Morgan fingerprint density at radius 2 is 1.71 bits per heavy atom. The van der Waals surface area contributed by atoms with Gasteiger partial charge in [0.2, 0.25) is 0 Å². The maximum Gasteiger partial charge on any atom is 0.324 e. The molecule has 0 aliphatic rings. The Kier molecular flexibility index (Phi) is 4.67. The van der Waals surface area contributed by atoms with E-state index in [-0.39, 0.29) is 17.4 Å². The normalized spacial score (nSPS) is 10.3. The SMILES string of the molecule is O=C(c1ccccc1)c1ccc(OCc2csc([N+](=O)[O-])c2)cc1. The summed E-state index contributed by atoms with van der Waals surface area (Å²) in [5, 5.41) is 12.4. The van der Waals surface area contributed by atoms with Gasteiger partial charge >= 0.3 is 5.00 Å². The van der Waals surface area contributed by atoms with Crippen LogP contribution >= 0.6 is 11.3 Å². The molecule has 6 heteroatoms. The Hall–Kier alpha value is -2.99. The van der Waals surface area contributed by atoms with Crippen molar-refractivity contribution < 1.29 is 14.5 Å². The number of thiophene rings is 1. The third-order valence-corrected chi connectivity index (χ3v) is 4.31. The smallest absolute Gasteiger partial charge is 0.324 e. The first-order valence-corrected chi connectivity index (χ1v) is 8.06. The average Bonchev–Trinajstić information content (AvgIpc) is 3.10. The van der Waals surface area contributed by atoms with Gasteiger partial charge in [0.05, 0.1) is 4.92 Å². The molecule has 0 bridgehead atoms. The minimum Gasteiger partial charge on any atom is -0.489 e. The zero-order chi connectivity index (χ0) is 16.9. The maximum atomic E-state index is 12.3. The third-order valence-electron chi connectivity index (χ3n) is 3.38. The van der Waals surface area contributed by atoms with Crippen molar-refractivity contribution in [2.45, 2.75) is 6.61 Å². The first-order chi connectivity index (χ1) is 11.6. The van der Waals surface area contributed by atoms with Crippen molar-refractivity contribution in [3.63, 3.8) is 0 Å². The molecule has 24 heavy (non-hydrogen) atoms. The summed E-state index contributed by atoms with van der Waals surface area (Å²) >= 11 is 1.07. The molecule has 0 saturated heterocycles. The molecule has 2 aromatic carbocycles. The minimum atomic E-state index is -0.418. The van der Waals surface area contributed by atoms with Crippen LogP contribution in [0.4, 0.5) is 5.00 Å². The predicted octanol–water partition coefficient (Wildman–Crippen LogP) is 4.47. The van der Waals surface area contributed by atoms with E-state index in [1.54, 1.807) is 41.8 Å². The van der Waals surface area contributed by atoms with Crippen molar-refractivity contribution >= 4 is 22.1 Å². The van der Waals surface area contributed by atoms with Crippen LogP contribution in [-0.4, -0.2) is 10.7 Å². The molecule has 3 rings (SSSR count). The molecule has 0 radical (unpaired) electrons. The number of nitro groups is 1. The van der Waals surface area contributed by atoms with Crippen molar-refractivity contribution in [3.8, 4) is 5.75 Å². The number of hydrogen-bond acceptors (Lipinski definition) is 5. The van der Waals surface area contributed by atoms with Gasteiger partial charge in [0.1, 0.15) is 12.4 Å². The monoisotopic (exact) mass is 339 g/mol. The third kappa shape index (κ3) is 3.67. The Bertz CT molecular complexity index is 856. The van der Waals surface area contributed by atoms with E-state index in [9.17, 15) is 14.9 Å². The van der Waals surface area contributed by atoms with Crippen molar-refractivity contribution in [3.05, 3.63) is 92.8 Å². The molecule has 1 aromatic heterocycles. The van der Waals surface area contributed by atoms with Crippen molar-refractivity contribution in [2.24, 2.45) is 0 Å². The van der Waals surface area contributed by atoms with Crippen LogP contribution in [0.3, 0.4) is 0 Å². The van der Waals surface area contributed by atoms with Crippen LogP contribution in [0, 0.1) is 10.1 Å². The van der Waals surface area contributed by atoms with Crippen molar-refractivity contribution in [2.75, 3.05) is 0 Å². The zero-order valence-corrected chi connectivity index (χ0v) is 13.4. The van der Waals surface area contributed by atoms with Gasteiger partial charge in [0.25, 0.3) is 0 Å². The number of nitrogens with zero attached hydrogens (tertiary/aromatic N) is 1. The Morgan fingerprint density at radius 1 is 1.04 bits per heavy atom. The number of hydrogen-bond donors (Lipinski definition) is 0. The lowest BCUT2D eigenvalue weighted by Gasteiger charge is -2.06. The molecular formula is C18H13NO4S. The first-order valence-electron chi connectivity index (χ1n) is 7.18. The Morgan fingerprint density at radius 3 is 2.33 bits per heavy atom. The first kappa shape index (κ1) is 15.9. The lowest BCUT2D eigenvalue weighted by Crippen LogP contribution is -2.01. The van der Waals surface area contributed by atoms with Crippen molar-refractivity contribution in [1.82, 2.24) is 0 Å². The second kappa shape index (κ2) is 7.06. The van der Waals surface area contributed by atoms with Crippen LogP contribution in [0.15, 0.2) is 66.0 Å². The van der Waals surface area contributed by atoms with E-state index in [4.69, 9.17) is 4.74 Å². The summed E-state index contributed by atoms with van der Waals surface area (Å²) in [5.41, 5.74) is 1.97. The summed E-state index contributed by atoms with van der Waals surface area (Å²) in [4.78, 5) is 22.5. The van der Waals surface area contributed by atoms with Crippen LogP contribution < -0.4 is 4.74 Å². The molecular weight excluding hydrogens is 326 g/mol. The highest BCUT2D eigenvalue weighted by Gasteiger charge is 2.11. The number of benzene rings is 2. The number of rotatable bonds is 6. The quantitative estimate of drug-likeness (QED) is 0.377. The standard InChI is InChI=1S/C18H13NO4S/c20-18(14-4-2-1-3-5-14)15-6-8-16(9-7-15)23-11-13-10-17(19(21)22)24-12-13/h1-10,12H,11H2. The minimum absolute atomic E-state index is 0.0457. The van der Waals surface area contributed by atoms with Gasteiger partial charge in [-0.15, -0.1) is 0 Å². The van der Waals surface area contributed by atoms with Crippen LogP contribution in [-0.2, 0) is 6.61 Å². The van der Waals surface area contributed by atoms with Crippen LogP contribution in [0.5, 0.6) is 5.75 Å². The molecule has 120 valence electrons. The number of carbonyl (C=O) groups excluding carboxylic acids is 1. The summed E-state index contributed by atoms with van der Waals surface area (Å²) in [6.07, 6.45) is 0. The zero-order valence-electron chi connectivity index (χ0n) is 12.5. The van der Waals surface area contributed by atoms with E-state index in [1.165, 1.54) is 6.07 Å². The molecule has 0 amide bonds. The van der Waals surface area contributed by atoms with E-state index in [2.05, 4.69) is 0 Å². The van der Waals surface area contributed by atoms with E-state index in [0.29, 0.717) is 16.9 Å². The van der Waals surface area contributed by atoms with Gasteiger partial charge < -0.3 is 4.74 Å². The van der Waals surface area contributed by atoms with Crippen LogP contribution in [0.1, 0.15) is 21.5 Å². The Labute approximate surface area is 142 Å². The second-order valence-corrected chi connectivity index (χ2v) is 5.95. The largest absolute Gasteiger partial charge is 0.489 e. The molecule has 0 saturated carbocycles. The van der Waals surface area contributed by atoms with E-state index in [0.717, 1.165) is 16.9 Å². The summed E-state index contributed by atoms with van der Waals surface area (Å²) in [5.74, 6) is 0.559. The van der Waals surface area contributed by atoms with Crippen LogP contribution in [0.2, 0.25) is 0 Å². The van der Waals surface area contributed by atoms with Crippen LogP contribution in [0.25, 0.3) is 0 Å². The van der Waals surface area contributed by atoms with Gasteiger partial charge in [-0.3, -0.25) is 14.9 Å². The number of carbonyl (C=O) groups is 1.